The molecule has 2 aliphatic rings. The number of carbonyl (C=O) groups excluding carboxylic acids is 1. The number of carbonyl (C=O) groups is 1. The highest BCUT2D eigenvalue weighted by Gasteiger charge is 2.26. The van der Waals surface area contributed by atoms with E-state index >= 15 is 0 Å². The fourth-order valence-corrected chi connectivity index (χ4v) is 4.05. The van der Waals surface area contributed by atoms with E-state index in [9.17, 15) is 4.79 Å². The Balaban J connectivity index is 1.41. The molecule has 0 aliphatic carbocycles. The van der Waals surface area contributed by atoms with E-state index in [4.69, 9.17) is 4.74 Å². The molecule has 0 saturated carbocycles. The fraction of sp³-hybridized carbons (Fsp3) is 0.500. The molecule has 0 unspecified atom stereocenters. The summed E-state index contributed by atoms with van der Waals surface area (Å²) in [4.78, 5) is 23.1. The summed E-state index contributed by atoms with van der Waals surface area (Å²) in [5.41, 5.74) is 5.91. The molecule has 1 aromatic heterocycles. The van der Waals surface area contributed by atoms with Crippen LogP contribution in [0.5, 0.6) is 0 Å². The van der Waals surface area contributed by atoms with E-state index in [1.807, 2.05) is 13.8 Å². The van der Waals surface area contributed by atoms with Gasteiger partial charge in [-0.05, 0) is 43.4 Å². The molecule has 154 valence electrons. The Kier molecular flexibility index (Phi) is 5.78. The number of hydrogen-bond acceptors (Lipinski definition) is 6. The van der Waals surface area contributed by atoms with Gasteiger partial charge in [0.15, 0.2) is 0 Å². The number of aryl methyl sites for hydroxylation is 1. The molecule has 1 amide bonds. The molecule has 1 fully saturated rings. The van der Waals surface area contributed by atoms with Crippen LogP contribution in [0.1, 0.15) is 45.0 Å². The van der Waals surface area contributed by atoms with Crippen LogP contribution in [0.25, 0.3) is 0 Å². The van der Waals surface area contributed by atoms with E-state index in [1.54, 1.807) is 7.05 Å². The van der Waals surface area contributed by atoms with Crippen LogP contribution in [0, 0.1) is 13.8 Å². The summed E-state index contributed by atoms with van der Waals surface area (Å²) in [5, 5.41) is 6.29. The number of amides is 1. The minimum Gasteiger partial charge on any atom is -0.376 e. The van der Waals surface area contributed by atoms with Crippen LogP contribution in [-0.4, -0.2) is 48.7 Å². The van der Waals surface area contributed by atoms with Gasteiger partial charge in [-0.15, -0.1) is 0 Å². The van der Waals surface area contributed by atoms with Crippen molar-refractivity contribution in [2.45, 2.75) is 45.9 Å². The third-order valence-electron chi connectivity index (χ3n) is 5.92. The van der Waals surface area contributed by atoms with Crippen LogP contribution in [0.15, 0.2) is 18.2 Å². The number of ether oxygens (including phenoxy) is 1. The van der Waals surface area contributed by atoms with E-state index in [0.717, 1.165) is 62.8 Å². The second-order valence-corrected chi connectivity index (χ2v) is 7.88. The molecular formula is C22H29N5O2. The van der Waals surface area contributed by atoms with Crippen LogP contribution >= 0.6 is 0 Å². The SMILES string of the molecule is CNC(=O)c1nc(C)c(C)c(N2CC[C@@H](NCc3ccc4c(c3)COCC4)C2)n1. The highest BCUT2D eigenvalue weighted by atomic mass is 16.5. The zero-order valence-electron chi connectivity index (χ0n) is 17.4. The average Bonchev–Trinajstić information content (AvgIpc) is 3.22. The molecule has 2 aliphatic heterocycles. The summed E-state index contributed by atoms with van der Waals surface area (Å²) >= 11 is 0. The van der Waals surface area contributed by atoms with Crippen LogP contribution < -0.4 is 15.5 Å². The molecule has 1 aromatic carbocycles. The molecule has 0 spiro atoms. The van der Waals surface area contributed by atoms with Crippen molar-refractivity contribution < 1.29 is 9.53 Å². The van der Waals surface area contributed by atoms with Crippen molar-refractivity contribution in [2.75, 3.05) is 31.6 Å². The number of nitrogens with one attached hydrogen (secondary N) is 2. The normalized spacial score (nSPS) is 18.6. The molecular weight excluding hydrogens is 366 g/mol. The lowest BCUT2D eigenvalue weighted by Gasteiger charge is -2.21. The first-order valence-corrected chi connectivity index (χ1v) is 10.3. The van der Waals surface area contributed by atoms with Crippen LogP contribution in [-0.2, 0) is 24.3 Å². The van der Waals surface area contributed by atoms with E-state index in [1.165, 1.54) is 16.7 Å². The van der Waals surface area contributed by atoms with Gasteiger partial charge in [-0.25, -0.2) is 9.97 Å². The lowest BCUT2D eigenvalue weighted by atomic mass is 10.0. The van der Waals surface area contributed by atoms with Crippen molar-refractivity contribution >= 4 is 11.7 Å². The topological polar surface area (TPSA) is 79.4 Å². The fourth-order valence-electron chi connectivity index (χ4n) is 4.05. The molecule has 7 nitrogen and oxygen atoms in total. The van der Waals surface area contributed by atoms with Gasteiger partial charge >= 0.3 is 0 Å². The number of anilines is 1. The Morgan fingerprint density at radius 1 is 1.28 bits per heavy atom. The van der Waals surface area contributed by atoms with Gasteiger partial charge < -0.3 is 20.3 Å². The van der Waals surface area contributed by atoms with Gasteiger partial charge in [0.1, 0.15) is 5.82 Å². The van der Waals surface area contributed by atoms with Crippen molar-refractivity contribution in [1.82, 2.24) is 20.6 Å². The van der Waals surface area contributed by atoms with E-state index in [0.29, 0.717) is 6.04 Å². The van der Waals surface area contributed by atoms with Gasteiger partial charge in [-0.3, -0.25) is 4.79 Å². The van der Waals surface area contributed by atoms with Gasteiger partial charge in [0.25, 0.3) is 5.91 Å². The number of benzene rings is 1. The molecule has 1 atom stereocenters. The first kappa shape index (κ1) is 19.8. The number of aromatic nitrogens is 2. The summed E-state index contributed by atoms with van der Waals surface area (Å²) in [5.74, 6) is 0.851. The lowest BCUT2D eigenvalue weighted by molar-refractivity contribution is 0.0952. The smallest absolute Gasteiger partial charge is 0.288 e. The first-order chi connectivity index (χ1) is 14.0. The Hall–Kier alpha value is -2.51. The van der Waals surface area contributed by atoms with Gasteiger partial charge in [0.05, 0.1) is 13.2 Å². The summed E-state index contributed by atoms with van der Waals surface area (Å²) in [6.45, 7) is 8.13. The molecule has 29 heavy (non-hydrogen) atoms. The van der Waals surface area contributed by atoms with Crippen molar-refractivity contribution in [3.05, 3.63) is 52.0 Å². The predicted octanol–water partition coefficient (Wildman–Crippen LogP) is 1.89. The van der Waals surface area contributed by atoms with Gasteiger partial charge in [-0.1, -0.05) is 18.2 Å². The second kappa shape index (κ2) is 8.47. The monoisotopic (exact) mass is 395 g/mol. The predicted molar refractivity (Wildman–Crippen MR) is 112 cm³/mol. The maximum Gasteiger partial charge on any atom is 0.288 e. The van der Waals surface area contributed by atoms with Gasteiger partial charge in [0, 0.05) is 44.0 Å². The Bertz CT molecular complexity index is 914. The zero-order valence-corrected chi connectivity index (χ0v) is 17.4. The lowest BCUT2D eigenvalue weighted by Crippen LogP contribution is -2.33. The Morgan fingerprint density at radius 2 is 2.14 bits per heavy atom. The summed E-state index contributed by atoms with van der Waals surface area (Å²) in [6.07, 6.45) is 2.06. The quantitative estimate of drug-likeness (QED) is 0.805. The summed E-state index contributed by atoms with van der Waals surface area (Å²) < 4.78 is 5.58. The van der Waals surface area contributed by atoms with Crippen molar-refractivity contribution in [3.8, 4) is 0 Å². The maximum absolute atomic E-state index is 12.0. The molecule has 2 N–H and O–H groups in total. The highest BCUT2D eigenvalue weighted by molar-refractivity contribution is 5.90. The third kappa shape index (κ3) is 4.26. The number of rotatable bonds is 5. The van der Waals surface area contributed by atoms with E-state index < -0.39 is 0 Å². The van der Waals surface area contributed by atoms with Crippen molar-refractivity contribution in [2.24, 2.45) is 0 Å². The molecule has 7 heteroatoms. The van der Waals surface area contributed by atoms with Gasteiger partial charge in [-0.2, -0.15) is 0 Å². The third-order valence-corrected chi connectivity index (χ3v) is 5.92. The first-order valence-electron chi connectivity index (χ1n) is 10.3. The second-order valence-electron chi connectivity index (χ2n) is 7.88. The van der Waals surface area contributed by atoms with Crippen LogP contribution in [0.2, 0.25) is 0 Å². The molecule has 2 aromatic rings. The minimum atomic E-state index is -0.250. The summed E-state index contributed by atoms with van der Waals surface area (Å²) in [6, 6.07) is 7.11. The van der Waals surface area contributed by atoms with Crippen LogP contribution in [0.3, 0.4) is 0 Å². The zero-order chi connectivity index (χ0) is 20.4. The van der Waals surface area contributed by atoms with E-state index in [2.05, 4.69) is 43.7 Å². The number of fused-ring (bicyclic) bond motifs is 1. The standard InChI is InChI=1S/C22H29N5O2/c1-14-15(2)25-20(22(28)23-3)26-21(14)27-8-6-19(12-27)24-11-16-4-5-17-7-9-29-13-18(17)10-16/h4-5,10,19,24H,6-9,11-13H2,1-3H3,(H,23,28)/t19-/m1/s1. The average molecular weight is 396 g/mol. The molecule has 1 saturated heterocycles. The maximum atomic E-state index is 12.0. The molecule has 0 bridgehead atoms. The molecule has 3 heterocycles. The summed E-state index contributed by atoms with van der Waals surface area (Å²) in [7, 11) is 1.60. The number of hydrogen-bond donors (Lipinski definition) is 2. The Morgan fingerprint density at radius 3 is 2.97 bits per heavy atom. The van der Waals surface area contributed by atoms with Crippen molar-refractivity contribution in [1.29, 1.82) is 0 Å². The number of nitrogens with zero attached hydrogens (tertiary/aromatic N) is 3. The Labute approximate surface area is 171 Å². The van der Waals surface area contributed by atoms with Crippen LogP contribution in [0.4, 0.5) is 5.82 Å². The van der Waals surface area contributed by atoms with Gasteiger partial charge in [0.2, 0.25) is 5.82 Å². The van der Waals surface area contributed by atoms with Crippen molar-refractivity contribution in [3.63, 3.8) is 0 Å². The largest absolute Gasteiger partial charge is 0.376 e. The molecule has 4 rings (SSSR count). The highest BCUT2D eigenvalue weighted by Crippen LogP contribution is 2.24. The minimum absolute atomic E-state index is 0.235. The molecule has 0 radical (unpaired) electrons. The van der Waals surface area contributed by atoms with E-state index in [-0.39, 0.29) is 11.7 Å².